The Labute approximate surface area is 124 Å². The van der Waals surface area contributed by atoms with Crippen molar-refractivity contribution in [1.82, 2.24) is 10.6 Å². The van der Waals surface area contributed by atoms with Gasteiger partial charge in [0.15, 0.2) is 0 Å². The molecule has 2 amide bonds. The molecular weight excluding hydrogens is 334 g/mol. The fourth-order valence-corrected chi connectivity index (χ4v) is 1.82. The highest BCUT2D eigenvalue weighted by Crippen LogP contribution is 2.19. The highest BCUT2D eigenvalue weighted by molar-refractivity contribution is 9.10. The minimum absolute atomic E-state index is 0.0895. The predicted molar refractivity (Wildman–Crippen MR) is 74.2 cm³/mol. The van der Waals surface area contributed by atoms with Crippen LogP contribution in [0.5, 0.6) is 0 Å². The van der Waals surface area contributed by atoms with Gasteiger partial charge in [-0.3, -0.25) is 9.59 Å². The first-order valence-electron chi connectivity index (χ1n) is 6.03. The van der Waals surface area contributed by atoms with Crippen molar-refractivity contribution in [3.05, 3.63) is 33.8 Å². The summed E-state index contributed by atoms with van der Waals surface area (Å²) in [5, 5.41) is 4.92. The normalized spacial score (nSPS) is 10.5. The smallest absolute Gasteiger partial charge is 0.257 e. The summed E-state index contributed by atoms with van der Waals surface area (Å²) in [6.07, 6.45) is 0. The van der Waals surface area contributed by atoms with Crippen LogP contribution in [0.4, 0.5) is 8.78 Å². The second-order valence-electron chi connectivity index (χ2n) is 4.45. The van der Waals surface area contributed by atoms with Crippen LogP contribution in [0, 0.1) is 17.6 Å². The molecule has 0 spiro atoms. The largest absolute Gasteiger partial charge is 0.354 e. The molecule has 0 saturated heterocycles. The number of nitrogens with one attached hydrogen (secondary N) is 2. The van der Waals surface area contributed by atoms with E-state index in [1.807, 2.05) is 0 Å². The predicted octanol–water partition coefficient (Wildman–Crippen LogP) is 2.23. The van der Waals surface area contributed by atoms with Gasteiger partial charge in [-0.2, -0.15) is 0 Å². The van der Waals surface area contributed by atoms with Gasteiger partial charge in [0, 0.05) is 23.5 Å². The number of rotatable bonds is 5. The number of carbonyl (C=O) groups is 2. The molecular formula is C13H15BrF2N2O2. The average Bonchev–Trinajstić information content (AvgIpc) is 2.32. The topological polar surface area (TPSA) is 58.2 Å². The quantitative estimate of drug-likeness (QED) is 0.801. The van der Waals surface area contributed by atoms with Gasteiger partial charge >= 0.3 is 0 Å². The Balaban J connectivity index is 2.54. The van der Waals surface area contributed by atoms with Crippen LogP contribution in [0.2, 0.25) is 0 Å². The molecule has 1 aromatic carbocycles. The first-order chi connectivity index (χ1) is 9.32. The van der Waals surface area contributed by atoms with Gasteiger partial charge in [-0.1, -0.05) is 29.8 Å². The third kappa shape index (κ3) is 4.56. The molecule has 110 valence electrons. The summed E-state index contributed by atoms with van der Waals surface area (Å²) >= 11 is 2.93. The van der Waals surface area contributed by atoms with Gasteiger partial charge in [-0.25, -0.2) is 8.78 Å². The van der Waals surface area contributed by atoms with Crippen LogP contribution >= 0.6 is 15.9 Å². The summed E-state index contributed by atoms with van der Waals surface area (Å²) in [6.45, 7) is 3.76. The summed E-state index contributed by atoms with van der Waals surface area (Å²) in [4.78, 5) is 22.9. The van der Waals surface area contributed by atoms with Gasteiger partial charge in [0.2, 0.25) is 5.91 Å². The lowest BCUT2D eigenvalue weighted by atomic mass is 10.2. The average molecular weight is 349 g/mol. The zero-order chi connectivity index (χ0) is 15.3. The Morgan fingerprint density at radius 3 is 2.15 bits per heavy atom. The molecule has 0 aliphatic rings. The lowest BCUT2D eigenvalue weighted by Gasteiger charge is -2.09. The molecule has 20 heavy (non-hydrogen) atoms. The summed E-state index contributed by atoms with van der Waals surface area (Å²) in [5.74, 6) is -3.06. The van der Waals surface area contributed by atoms with Crippen molar-refractivity contribution < 1.29 is 18.4 Å². The maximum atomic E-state index is 13.5. The highest BCUT2D eigenvalue weighted by atomic mass is 79.9. The Hall–Kier alpha value is -1.50. The van der Waals surface area contributed by atoms with E-state index in [9.17, 15) is 18.4 Å². The Bertz CT molecular complexity index is 498. The summed E-state index contributed by atoms with van der Waals surface area (Å²) in [5.41, 5.74) is -0.636. The Morgan fingerprint density at radius 2 is 1.65 bits per heavy atom. The van der Waals surface area contributed by atoms with Crippen molar-refractivity contribution in [1.29, 1.82) is 0 Å². The van der Waals surface area contributed by atoms with E-state index >= 15 is 0 Å². The fraction of sp³-hybridized carbons (Fsp3) is 0.385. The van der Waals surface area contributed by atoms with Crippen LogP contribution in [0.1, 0.15) is 24.2 Å². The molecule has 0 atom stereocenters. The van der Waals surface area contributed by atoms with Crippen molar-refractivity contribution in [3.63, 3.8) is 0 Å². The minimum Gasteiger partial charge on any atom is -0.354 e. The van der Waals surface area contributed by atoms with Crippen LogP contribution in [0.15, 0.2) is 16.6 Å². The molecule has 0 aromatic heterocycles. The number of benzene rings is 1. The molecule has 0 saturated carbocycles. The molecule has 1 aromatic rings. The summed E-state index contributed by atoms with van der Waals surface area (Å²) < 4.78 is 27.2. The number of amides is 2. The second kappa shape index (κ2) is 7.33. The van der Waals surface area contributed by atoms with Crippen LogP contribution in [0.3, 0.4) is 0 Å². The van der Waals surface area contributed by atoms with Crippen LogP contribution in [-0.2, 0) is 4.79 Å². The highest BCUT2D eigenvalue weighted by Gasteiger charge is 2.18. The second-order valence-corrected chi connectivity index (χ2v) is 5.36. The standard InChI is InChI=1S/C13H15BrF2N2O2/c1-7(2)12(19)17-3-4-18-13(20)11-9(15)5-8(14)6-10(11)16/h5-7H,3-4H2,1-2H3,(H,17,19)(H,18,20). The van der Waals surface area contributed by atoms with Crippen molar-refractivity contribution in [3.8, 4) is 0 Å². The molecule has 0 heterocycles. The van der Waals surface area contributed by atoms with E-state index in [1.165, 1.54) is 0 Å². The van der Waals surface area contributed by atoms with E-state index in [0.717, 1.165) is 12.1 Å². The first-order valence-corrected chi connectivity index (χ1v) is 6.82. The summed E-state index contributed by atoms with van der Waals surface area (Å²) in [6, 6.07) is 2.02. The van der Waals surface area contributed by atoms with E-state index in [4.69, 9.17) is 0 Å². The number of halogens is 3. The van der Waals surface area contributed by atoms with Crippen LogP contribution < -0.4 is 10.6 Å². The van der Waals surface area contributed by atoms with Gasteiger partial charge in [0.1, 0.15) is 17.2 Å². The zero-order valence-corrected chi connectivity index (χ0v) is 12.7. The zero-order valence-electron chi connectivity index (χ0n) is 11.1. The molecule has 4 nitrogen and oxygen atoms in total. The van der Waals surface area contributed by atoms with Crippen molar-refractivity contribution in [2.75, 3.05) is 13.1 Å². The van der Waals surface area contributed by atoms with E-state index in [2.05, 4.69) is 26.6 Å². The third-order valence-corrected chi connectivity index (χ3v) is 2.93. The molecule has 0 radical (unpaired) electrons. The van der Waals surface area contributed by atoms with E-state index < -0.39 is 23.1 Å². The Kier molecular flexibility index (Phi) is 6.06. The van der Waals surface area contributed by atoms with E-state index in [1.54, 1.807) is 13.8 Å². The minimum atomic E-state index is -0.944. The molecule has 2 N–H and O–H groups in total. The van der Waals surface area contributed by atoms with Crippen molar-refractivity contribution in [2.24, 2.45) is 5.92 Å². The molecule has 0 aliphatic carbocycles. The van der Waals surface area contributed by atoms with Crippen molar-refractivity contribution in [2.45, 2.75) is 13.8 Å². The van der Waals surface area contributed by atoms with Gasteiger partial charge < -0.3 is 10.6 Å². The van der Waals surface area contributed by atoms with Gasteiger partial charge in [0.25, 0.3) is 5.91 Å². The van der Waals surface area contributed by atoms with Crippen LogP contribution in [0.25, 0.3) is 0 Å². The SMILES string of the molecule is CC(C)C(=O)NCCNC(=O)c1c(F)cc(Br)cc1F. The fourth-order valence-electron chi connectivity index (χ4n) is 1.41. The number of hydrogen-bond acceptors (Lipinski definition) is 2. The van der Waals surface area contributed by atoms with Crippen LogP contribution in [-0.4, -0.2) is 24.9 Å². The lowest BCUT2D eigenvalue weighted by Crippen LogP contribution is -2.36. The number of hydrogen-bond donors (Lipinski definition) is 2. The molecule has 1 rings (SSSR count). The molecule has 0 fully saturated rings. The molecule has 7 heteroatoms. The number of carbonyl (C=O) groups excluding carboxylic acids is 2. The van der Waals surface area contributed by atoms with E-state index in [-0.39, 0.29) is 29.4 Å². The monoisotopic (exact) mass is 348 g/mol. The molecule has 0 bridgehead atoms. The molecule has 0 aliphatic heterocycles. The lowest BCUT2D eigenvalue weighted by molar-refractivity contribution is -0.123. The Morgan fingerprint density at radius 1 is 1.15 bits per heavy atom. The maximum absolute atomic E-state index is 13.5. The summed E-state index contributed by atoms with van der Waals surface area (Å²) in [7, 11) is 0. The van der Waals surface area contributed by atoms with Gasteiger partial charge in [0.05, 0.1) is 0 Å². The van der Waals surface area contributed by atoms with Crippen molar-refractivity contribution >= 4 is 27.7 Å². The molecule has 0 unspecified atom stereocenters. The first kappa shape index (κ1) is 16.6. The van der Waals surface area contributed by atoms with E-state index in [0.29, 0.717) is 0 Å². The van der Waals surface area contributed by atoms with Gasteiger partial charge in [-0.15, -0.1) is 0 Å². The third-order valence-electron chi connectivity index (χ3n) is 2.47. The maximum Gasteiger partial charge on any atom is 0.257 e. The van der Waals surface area contributed by atoms with Gasteiger partial charge in [-0.05, 0) is 12.1 Å².